The van der Waals surface area contributed by atoms with E-state index < -0.39 is 0 Å². The molecule has 1 N–H and O–H groups in total. The first-order valence-corrected chi connectivity index (χ1v) is 9.40. The molecule has 114 valence electrons. The Morgan fingerprint density at radius 1 is 1.19 bits per heavy atom. The molecular formula is C17H24N2S2. The van der Waals surface area contributed by atoms with Crippen molar-refractivity contribution >= 4 is 23.1 Å². The van der Waals surface area contributed by atoms with Gasteiger partial charge in [-0.1, -0.05) is 31.5 Å². The van der Waals surface area contributed by atoms with E-state index in [0.717, 1.165) is 25.3 Å². The summed E-state index contributed by atoms with van der Waals surface area (Å²) >= 11 is 3.73. The van der Waals surface area contributed by atoms with Crippen LogP contribution >= 0.6 is 23.1 Å². The Morgan fingerprint density at radius 2 is 1.95 bits per heavy atom. The monoisotopic (exact) mass is 320 g/mol. The first kappa shape index (κ1) is 16.5. The molecule has 0 atom stereocenters. The normalized spacial score (nSPS) is 11.0. The van der Waals surface area contributed by atoms with Gasteiger partial charge in [-0.05, 0) is 38.4 Å². The standard InChI is InChI=1S/C17H24N2S2/c1-4-10-18-11-16-15(5-2)19-17(21-16)12-20-14-8-6-13(3)7-9-14/h6-9,18H,4-5,10-12H2,1-3H3. The zero-order valence-corrected chi connectivity index (χ0v) is 14.7. The van der Waals surface area contributed by atoms with Crippen molar-refractivity contribution in [2.45, 2.75) is 50.8 Å². The highest BCUT2D eigenvalue weighted by molar-refractivity contribution is 7.98. The number of aryl methyl sites for hydroxylation is 2. The van der Waals surface area contributed by atoms with Gasteiger partial charge in [0, 0.05) is 16.3 Å². The van der Waals surface area contributed by atoms with Crippen LogP contribution in [0.3, 0.4) is 0 Å². The van der Waals surface area contributed by atoms with Gasteiger partial charge in [0.2, 0.25) is 0 Å². The molecule has 0 saturated carbocycles. The minimum absolute atomic E-state index is 0.962. The number of benzene rings is 1. The zero-order valence-electron chi connectivity index (χ0n) is 13.1. The van der Waals surface area contributed by atoms with Crippen LogP contribution in [0, 0.1) is 6.92 Å². The van der Waals surface area contributed by atoms with Crippen molar-refractivity contribution in [3.8, 4) is 0 Å². The van der Waals surface area contributed by atoms with E-state index in [9.17, 15) is 0 Å². The fourth-order valence-electron chi connectivity index (χ4n) is 2.07. The third-order valence-corrected chi connectivity index (χ3v) is 5.56. The molecule has 1 aromatic carbocycles. The lowest BCUT2D eigenvalue weighted by molar-refractivity contribution is 0.676. The largest absolute Gasteiger partial charge is 0.312 e. The van der Waals surface area contributed by atoms with Gasteiger partial charge in [-0.2, -0.15) is 0 Å². The van der Waals surface area contributed by atoms with Crippen LogP contribution in [-0.4, -0.2) is 11.5 Å². The fraction of sp³-hybridized carbons (Fsp3) is 0.471. The summed E-state index contributed by atoms with van der Waals surface area (Å²) in [5.41, 5.74) is 2.58. The van der Waals surface area contributed by atoms with Crippen molar-refractivity contribution in [3.05, 3.63) is 45.4 Å². The van der Waals surface area contributed by atoms with E-state index in [1.54, 1.807) is 0 Å². The smallest absolute Gasteiger partial charge is 0.103 e. The molecule has 0 amide bonds. The summed E-state index contributed by atoms with van der Waals surface area (Å²) in [6.45, 7) is 8.55. The van der Waals surface area contributed by atoms with Crippen LogP contribution < -0.4 is 5.32 Å². The zero-order chi connectivity index (χ0) is 15.1. The van der Waals surface area contributed by atoms with Crippen molar-refractivity contribution in [2.75, 3.05) is 6.54 Å². The number of rotatable bonds is 8. The van der Waals surface area contributed by atoms with Crippen LogP contribution in [0.25, 0.3) is 0 Å². The molecule has 2 rings (SSSR count). The van der Waals surface area contributed by atoms with E-state index in [1.165, 1.54) is 32.5 Å². The quantitative estimate of drug-likeness (QED) is 0.558. The van der Waals surface area contributed by atoms with Gasteiger partial charge in [0.15, 0.2) is 0 Å². The molecule has 0 bridgehead atoms. The van der Waals surface area contributed by atoms with Crippen molar-refractivity contribution in [2.24, 2.45) is 0 Å². The second-order valence-electron chi connectivity index (χ2n) is 5.11. The number of thioether (sulfide) groups is 1. The van der Waals surface area contributed by atoms with E-state index in [-0.39, 0.29) is 0 Å². The molecule has 4 heteroatoms. The third kappa shape index (κ3) is 5.13. The summed E-state index contributed by atoms with van der Waals surface area (Å²) in [7, 11) is 0. The lowest BCUT2D eigenvalue weighted by atomic mass is 10.2. The highest BCUT2D eigenvalue weighted by Crippen LogP contribution is 2.27. The maximum atomic E-state index is 4.80. The van der Waals surface area contributed by atoms with Gasteiger partial charge in [-0.15, -0.1) is 23.1 Å². The highest BCUT2D eigenvalue weighted by atomic mass is 32.2. The summed E-state index contributed by atoms with van der Waals surface area (Å²) in [5.74, 6) is 0.967. The molecule has 0 aliphatic heterocycles. The van der Waals surface area contributed by atoms with Crippen molar-refractivity contribution in [3.63, 3.8) is 0 Å². The predicted molar refractivity (Wildman–Crippen MR) is 94.2 cm³/mol. The molecule has 0 fully saturated rings. The van der Waals surface area contributed by atoms with E-state index in [2.05, 4.69) is 50.4 Å². The van der Waals surface area contributed by atoms with Gasteiger partial charge in [-0.25, -0.2) is 4.98 Å². The van der Waals surface area contributed by atoms with Gasteiger partial charge in [0.05, 0.1) is 11.4 Å². The summed E-state index contributed by atoms with van der Waals surface area (Å²) in [6.07, 6.45) is 2.20. The Labute approximate surface area is 136 Å². The first-order valence-electron chi connectivity index (χ1n) is 7.60. The van der Waals surface area contributed by atoms with Gasteiger partial charge in [-0.3, -0.25) is 0 Å². The third-order valence-electron chi connectivity index (χ3n) is 3.25. The summed E-state index contributed by atoms with van der Waals surface area (Å²) in [5, 5.41) is 4.72. The summed E-state index contributed by atoms with van der Waals surface area (Å²) in [6, 6.07) is 8.72. The molecule has 0 unspecified atom stereocenters. The Balaban J connectivity index is 1.95. The topological polar surface area (TPSA) is 24.9 Å². The second-order valence-corrected chi connectivity index (χ2v) is 7.33. The highest BCUT2D eigenvalue weighted by Gasteiger charge is 2.09. The molecule has 21 heavy (non-hydrogen) atoms. The number of hydrogen-bond donors (Lipinski definition) is 1. The van der Waals surface area contributed by atoms with Gasteiger partial charge < -0.3 is 5.32 Å². The summed E-state index contributed by atoms with van der Waals surface area (Å²) < 4.78 is 0. The molecule has 2 aromatic rings. The van der Waals surface area contributed by atoms with Crippen molar-refractivity contribution in [1.29, 1.82) is 0 Å². The Bertz CT molecular complexity index is 546. The minimum atomic E-state index is 0.962. The Morgan fingerprint density at radius 3 is 2.62 bits per heavy atom. The van der Waals surface area contributed by atoms with E-state index in [4.69, 9.17) is 4.98 Å². The lowest BCUT2D eigenvalue weighted by Gasteiger charge is -2.01. The lowest BCUT2D eigenvalue weighted by Crippen LogP contribution is -2.13. The van der Waals surface area contributed by atoms with Crippen molar-refractivity contribution < 1.29 is 0 Å². The Hall–Kier alpha value is -0.840. The molecule has 2 nitrogen and oxygen atoms in total. The van der Waals surface area contributed by atoms with E-state index in [0.29, 0.717) is 0 Å². The number of nitrogens with zero attached hydrogens (tertiary/aromatic N) is 1. The van der Waals surface area contributed by atoms with Gasteiger partial charge in [0.1, 0.15) is 5.01 Å². The molecule has 1 heterocycles. The SMILES string of the molecule is CCCNCc1sc(CSc2ccc(C)cc2)nc1CC. The predicted octanol–water partition coefficient (Wildman–Crippen LogP) is 4.81. The molecule has 0 spiro atoms. The molecule has 0 radical (unpaired) electrons. The Kier molecular flexibility index (Phi) is 6.74. The average Bonchev–Trinajstić information content (AvgIpc) is 2.89. The van der Waals surface area contributed by atoms with Crippen LogP contribution in [0.4, 0.5) is 0 Å². The average molecular weight is 321 g/mol. The van der Waals surface area contributed by atoms with Crippen LogP contribution in [0.5, 0.6) is 0 Å². The molecule has 1 aromatic heterocycles. The van der Waals surface area contributed by atoms with Crippen LogP contribution in [0.2, 0.25) is 0 Å². The molecule has 0 saturated heterocycles. The second kappa shape index (κ2) is 8.57. The first-order chi connectivity index (χ1) is 10.2. The maximum absolute atomic E-state index is 4.80. The van der Waals surface area contributed by atoms with Crippen molar-refractivity contribution in [1.82, 2.24) is 10.3 Å². The number of thiazole rings is 1. The van der Waals surface area contributed by atoms with Crippen LogP contribution in [0.15, 0.2) is 29.2 Å². The van der Waals surface area contributed by atoms with Gasteiger partial charge in [0.25, 0.3) is 0 Å². The van der Waals surface area contributed by atoms with Crippen LogP contribution in [-0.2, 0) is 18.7 Å². The summed E-state index contributed by atoms with van der Waals surface area (Å²) in [4.78, 5) is 7.52. The van der Waals surface area contributed by atoms with E-state index in [1.807, 2.05) is 23.1 Å². The number of aromatic nitrogens is 1. The minimum Gasteiger partial charge on any atom is -0.312 e. The molecule has 0 aliphatic rings. The number of nitrogens with one attached hydrogen (secondary N) is 1. The fourth-order valence-corrected chi connectivity index (χ4v) is 4.09. The van der Waals surface area contributed by atoms with E-state index >= 15 is 0 Å². The van der Waals surface area contributed by atoms with Crippen LogP contribution in [0.1, 0.15) is 41.4 Å². The molecular weight excluding hydrogens is 296 g/mol. The maximum Gasteiger partial charge on any atom is 0.103 e. The van der Waals surface area contributed by atoms with Gasteiger partial charge >= 0.3 is 0 Å². The molecule has 0 aliphatic carbocycles. The number of hydrogen-bond acceptors (Lipinski definition) is 4.